The first-order chi connectivity index (χ1) is 11.3. The lowest BCUT2D eigenvalue weighted by Gasteiger charge is -2.33. The van der Waals surface area contributed by atoms with Gasteiger partial charge in [-0.3, -0.25) is 4.90 Å². The molecule has 2 aliphatic rings. The average Bonchev–Trinajstić information content (AvgIpc) is 3.05. The quantitative estimate of drug-likeness (QED) is 0.788. The fourth-order valence-corrected chi connectivity index (χ4v) is 3.58. The van der Waals surface area contributed by atoms with E-state index in [1.54, 1.807) is 6.26 Å². The lowest BCUT2D eigenvalue weighted by molar-refractivity contribution is 0.102. The van der Waals surface area contributed by atoms with E-state index >= 15 is 0 Å². The zero-order chi connectivity index (χ0) is 15.6. The van der Waals surface area contributed by atoms with Crippen molar-refractivity contribution in [2.24, 2.45) is 5.92 Å². The average molecular weight is 315 g/mol. The number of ether oxygens (including phenoxy) is 1. The van der Waals surface area contributed by atoms with Gasteiger partial charge in [0.05, 0.1) is 31.2 Å². The van der Waals surface area contributed by atoms with E-state index in [1.807, 2.05) is 18.7 Å². The van der Waals surface area contributed by atoms with Gasteiger partial charge >= 0.3 is 0 Å². The maximum Gasteiger partial charge on any atom is 0.0952 e. The van der Waals surface area contributed by atoms with Crippen molar-refractivity contribution in [3.8, 4) is 0 Å². The highest BCUT2D eigenvalue weighted by atomic mass is 16.5. The summed E-state index contributed by atoms with van der Waals surface area (Å²) >= 11 is 0. The van der Waals surface area contributed by atoms with Crippen molar-refractivity contribution in [2.45, 2.75) is 45.3 Å². The molecular weight excluding hydrogens is 290 g/mol. The summed E-state index contributed by atoms with van der Waals surface area (Å²) < 4.78 is 13.4. The number of rotatable bonds is 7. The van der Waals surface area contributed by atoms with Gasteiger partial charge in [-0.15, -0.1) is 0 Å². The Bertz CT molecular complexity index is 631. The summed E-state index contributed by atoms with van der Waals surface area (Å²) in [5.74, 6) is 1.27. The van der Waals surface area contributed by atoms with E-state index in [2.05, 4.69) is 16.4 Å². The summed E-state index contributed by atoms with van der Waals surface area (Å²) in [4.78, 5) is 7.17. The molecule has 124 valence electrons. The van der Waals surface area contributed by atoms with Crippen LogP contribution in [-0.4, -0.2) is 34.2 Å². The van der Waals surface area contributed by atoms with Crippen LogP contribution in [0.5, 0.6) is 0 Å². The molecule has 0 spiro atoms. The molecule has 1 aliphatic carbocycles. The molecule has 5 nitrogen and oxygen atoms in total. The van der Waals surface area contributed by atoms with Crippen molar-refractivity contribution in [2.75, 3.05) is 19.8 Å². The Balaban J connectivity index is 1.54. The smallest absolute Gasteiger partial charge is 0.0952 e. The third-order valence-electron chi connectivity index (χ3n) is 4.86. The van der Waals surface area contributed by atoms with Crippen LogP contribution in [0.15, 0.2) is 29.3 Å². The SMILES string of the molecule is CCOC[C@@H]1CN(Cc2ccoc2)Cc2ncn(CC3CC3)c21. The zero-order valence-electron chi connectivity index (χ0n) is 13.8. The Labute approximate surface area is 137 Å². The van der Waals surface area contributed by atoms with Gasteiger partial charge in [-0.25, -0.2) is 4.98 Å². The summed E-state index contributed by atoms with van der Waals surface area (Å²) in [7, 11) is 0. The maximum absolute atomic E-state index is 5.77. The Kier molecular flexibility index (Phi) is 4.23. The molecule has 3 heterocycles. The zero-order valence-corrected chi connectivity index (χ0v) is 13.8. The normalized spacial score (nSPS) is 21.5. The number of aromatic nitrogens is 2. The molecule has 1 atom stereocenters. The Morgan fingerprint density at radius 3 is 3.04 bits per heavy atom. The van der Waals surface area contributed by atoms with Crippen molar-refractivity contribution < 1.29 is 9.15 Å². The molecule has 0 N–H and O–H groups in total. The van der Waals surface area contributed by atoms with Crippen LogP contribution in [0.25, 0.3) is 0 Å². The molecule has 1 fully saturated rings. The second kappa shape index (κ2) is 6.49. The summed E-state index contributed by atoms with van der Waals surface area (Å²) in [6.07, 6.45) is 8.36. The van der Waals surface area contributed by atoms with Gasteiger partial charge < -0.3 is 13.7 Å². The van der Waals surface area contributed by atoms with Crippen molar-refractivity contribution in [3.05, 3.63) is 41.9 Å². The summed E-state index contributed by atoms with van der Waals surface area (Å²) in [6, 6.07) is 2.04. The third kappa shape index (κ3) is 3.35. The lowest BCUT2D eigenvalue weighted by atomic mass is 9.98. The van der Waals surface area contributed by atoms with Crippen molar-refractivity contribution in [1.29, 1.82) is 0 Å². The van der Waals surface area contributed by atoms with Gasteiger partial charge in [0.25, 0.3) is 0 Å². The highest BCUT2D eigenvalue weighted by molar-refractivity contribution is 5.23. The van der Waals surface area contributed by atoms with Crippen molar-refractivity contribution in [3.63, 3.8) is 0 Å². The Hall–Kier alpha value is -1.59. The minimum absolute atomic E-state index is 0.409. The van der Waals surface area contributed by atoms with Crippen LogP contribution in [0.3, 0.4) is 0 Å². The number of fused-ring (bicyclic) bond motifs is 1. The minimum Gasteiger partial charge on any atom is -0.472 e. The first-order valence-electron chi connectivity index (χ1n) is 8.68. The van der Waals surface area contributed by atoms with Crippen LogP contribution >= 0.6 is 0 Å². The molecule has 4 rings (SSSR count). The van der Waals surface area contributed by atoms with Crippen molar-refractivity contribution in [1.82, 2.24) is 14.5 Å². The van der Waals surface area contributed by atoms with E-state index in [-0.39, 0.29) is 0 Å². The highest BCUT2D eigenvalue weighted by Crippen LogP contribution is 2.34. The first kappa shape index (κ1) is 15.0. The molecule has 0 saturated heterocycles. The predicted octanol–water partition coefficient (Wildman–Crippen LogP) is 3.02. The third-order valence-corrected chi connectivity index (χ3v) is 4.86. The van der Waals surface area contributed by atoms with Crippen LogP contribution in [0.1, 0.15) is 42.6 Å². The van der Waals surface area contributed by atoms with E-state index in [0.717, 1.165) is 45.3 Å². The molecule has 0 bridgehead atoms. The highest BCUT2D eigenvalue weighted by Gasteiger charge is 2.32. The monoisotopic (exact) mass is 315 g/mol. The molecule has 0 radical (unpaired) electrons. The predicted molar refractivity (Wildman–Crippen MR) is 87.0 cm³/mol. The van der Waals surface area contributed by atoms with Gasteiger partial charge in [-0.05, 0) is 31.7 Å². The van der Waals surface area contributed by atoms with Gasteiger partial charge in [-0.2, -0.15) is 0 Å². The van der Waals surface area contributed by atoms with Gasteiger partial charge in [0, 0.05) is 50.0 Å². The molecule has 0 aromatic carbocycles. The van der Waals surface area contributed by atoms with E-state index < -0.39 is 0 Å². The van der Waals surface area contributed by atoms with E-state index in [1.165, 1.54) is 29.8 Å². The molecular formula is C18H25N3O2. The molecule has 5 heteroatoms. The maximum atomic E-state index is 5.77. The van der Waals surface area contributed by atoms with Crippen LogP contribution in [-0.2, 0) is 24.4 Å². The molecule has 1 aliphatic heterocycles. The summed E-state index contributed by atoms with van der Waals surface area (Å²) in [6.45, 7) is 7.59. The topological polar surface area (TPSA) is 43.4 Å². The van der Waals surface area contributed by atoms with Crippen LogP contribution in [0.2, 0.25) is 0 Å². The van der Waals surface area contributed by atoms with Crippen LogP contribution in [0, 0.1) is 5.92 Å². The molecule has 23 heavy (non-hydrogen) atoms. The van der Waals surface area contributed by atoms with E-state index in [9.17, 15) is 0 Å². The molecule has 2 aromatic rings. The summed E-state index contributed by atoms with van der Waals surface area (Å²) in [5, 5.41) is 0. The largest absolute Gasteiger partial charge is 0.472 e. The van der Waals surface area contributed by atoms with Crippen LogP contribution in [0.4, 0.5) is 0 Å². The van der Waals surface area contributed by atoms with Crippen LogP contribution < -0.4 is 0 Å². The van der Waals surface area contributed by atoms with E-state index in [0.29, 0.717) is 5.92 Å². The number of nitrogens with zero attached hydrogens (tertiary/aromatic N) is 3. The van der Waals surface area contributed by atoms with Gasteiger partial charge in [0.2, 0.25) is 0 Å². The lowest BCUT2D eigenvalue weighted by Crippen LogP contribution is -2.36. The standard InChI is InChI=1S/C18H25N3O2/c1-2-22-12-16-9-20(7-15-5-6-23-11-15)10-17-18(16)21(13-19-17)8-14-3-4-14/h5-6,11,13-14,16H,2-4,7-10,12H2,1H3/t16-/m0/s1. The number of imidazole rings is 1. The number of hydrogen-bond donors (Lipinski definition) is 0. The fourth-order valence-electron chi connectivity index (χ4n) is 3.58. The van der Waals surface area contributed by atoms with Gasteiger partial charge in [0.15, 0.2) is 0 Å². The number of hydrogen-bond acceptors (Lipinski definition) is 4. The second-order valence-electron chi connectivity index (χ2n) is 6.83. The summed E-state index contributed by atoms with van der Waals surface area (Å²) in [5.41, 5.74) is 3.86. The molecule has 0 unspecified atom stereocenters. The van der Waals surface area contributed by atoms with Crippen molar-refractivity contribution >= 4 is 0 Å². The van der Waals surface area contributed by atoms with Gasteiger partial charge in [-0.1, -0.05) is 0 Å². The molecule has 2 aromatic heterocycles. The fraction of sp³-hybridized carbons (Fsp3) is 0.611. The van der Waals surface area contributed by atoms with Gasteiger partial charge in [0.1, 0.15) is 0 Å². The first-order valence-corrected chi connectivity index (χ1v) is 8.68. The van der Waals surface area contributed by atoms with E-state index in [4.69, 9.17) is 14.1 Å². The Morgan fingerprint density at radius 1 is 1.39 bits per heavy atom. The second-order valence-corrected chi connectivity index (χ2v) is 6.83. The molecule has 0 amide bonds. The Morgan fingerprint density at radius 2 is 2.30 bits per heavy atom. The molecule has 1 saturated carbocycles. The minimum atomic E-state index is 0.409. The number of furan rings is 1.